The van der Waals surface area contributed by atoms with Crippen molar-refractivity contribution in [1.82, 2.24) is 0 Å². The number of benzene rings is 10. The smallest absolute Gasteiger partial charge is 0.0619 e. The van der Waals surface area contributed by atoms with Crippen molar-refractivity contribution in [1.29, 1.82) is 0 Å². The summed E-state index contributed by atoms with van der Waals surface area (Å²) in [4.78, 5) is 0. The minimum absolute atomic E-state index is 0.431. The molecule has 10 aromatic rings. The molecule has 0 fully saturated rings. The van der Waals surface area contributed by atoms with E-state index in [1.165, 1.54) is 110 Å². The normalized spacial score (nSPS) is 15.2. The standard InChI is InChI=1S/C53H32/c1-2-12-36-29-37(26-25-33(36)11-1)34-21-23-35(24-22-34)38-27-28-45-43-17-7-9-19-49(43)53(51(45)30-38)50-20-10-8-18-44(50)48-31-46-41-15-5-3-13-39(41)40-14-4-6-16-42(40)47(46)32-52(48)53/h1-32H. The van der Waals surface area contributed by atoms with E-state index in [2.05, 4.69) is 194 Å². The highest BCUT2D eigenvalue weighted by molar-refractivity contribution is 6.26. The molecule has 53 heavy (non-hydrogen) atoms. The molecule has 0 heterocycles. The Morgan fingerprint density at radius 2 is 0.660 bits per heavy atom. The van der Waals surface area contributed by atoms with Crippen molar-refractivity contribution in [2.24, 2.45) is 0 Å². The van der Waals surface area contributed by atoms with Gasteiger partial charge in [-0.05, 0) is 134 Å². The highest BCUT2D eigenvalue weighted by atomic mass is 14.5. The summed E-state index contributed by atoms with van der Waals surface area (Å²) in [6, 6.07) is 72.9. The molecule has 12 rings (SSSR count). The van der Waals surface area contributed by atoms with Crippen LogP contribution in [0, 0.1) is 0 Å². The van der Waals surface area contributed by atoms with E-state index in [1.54, 1.807) is 0 Å². The molecule has 0 N–H and O–H groups in total. The van der Waals surface area contributed by atoms with Gasteiger partial charge in [-0.3, -0.25) is 0 Å². The Labute approximate surface area is 308 Å². The molecule has 1 atom stereocenters. The van der Waals surface area contributed by atoms with Crippen LogP contribution in [0.25, 0.3) is 87.6 Å². The van der Waals surface area contributed by atoms with E-state index in [0.717, 1.165) is 0 Å². The first-order valence-corrected chi connectivity index (χ1v) is 18.6. The van der Waals surface area contributed by atoms with Crippen molar-refractivity contribution in [2.45, 2.75) is 5.41 Å². The highest BCUT2D eigenvalue weighted by Gasteiger charge is 2.51. The highest BCUT2D eigenvalue weighted by Crippen LogP contribution is 2.64. The van der Waals surface area contributed by atoms with Crippen molar-refractivity contribution in [3.05, 3.63) is 216 Å². The number of hydrogen-bond acceptors (Lipinski definition) is 0. The fourth-order valence-electron chi connectivity index (χ4n) is 9.94. The zero-order valence-electron chi connectivity index (χ0n) is 29.0. The summed E-state index contributed by atoms with van der Waals surface area (Å²) in [5.74, 6) is 0. The van der Waals surface area contributed by atoms with E-state index in [0.29, 0.717) is 0 Å². The molecule has 0 aliphatic heterocycles. The monoisotopic (exact) mass is 668 g/mol. The van der Waals surface area contributed by atoms with Crippen molar-refractivity contribution in [2.75, 3.05) is 0 Å². The lowest BCUT2D eigenvalue weighted by atomic mass is 9.70. The molecule has 2 aliphatic rings. The summed E-state index contributed by atoms with van der Waals surface area (Å²) in [7, 11) is 0. The molecule has 1 unspecified atom stereocenters. The molecule has 0 amide bonds. The Bertz CT molecular complexity index is 3160. The number of hydrogen-bond donors (Lipinski definition) is 0. The van der Waals surface area contributed by atoms with Gasteiger partial charge in [0.2, 0.25) is 0 Å². The van der Waals surface area contributed by atoms with Crippen LogP contribution in [0.1, 0.15) is 22.3 Å². The summed E-state index contributed by atoms with van der Waals surface area (Å²) in [6.45, 7) is 0. The third-order valence-corrected chi connectivity index (χ3v) is 12.3. The average Bonchev–Trinajstić information content (AvgIpc) is 3.69. The van der Waals surface area contributed by atoms with E-state index in [9.17, 15) is 0 Å². The molecule has 0 heteroatoms. The molecular weight excluding hydrogens is 637 g/mol. The fraction of sp³-hybridized carbons (Fsp3) is 0.0189. The Morgan fingerprint density at radius 3 is 1.32 bits per heavy atom. The van der Waals surface area contributed by atoms with E-state index >= 15 is 0 Å². The first-order chi connectivity index (χ1) is 26.3. The predicted molar refractivity (Wildman–Crippen MR) is 224 cm³/mol. The van der Waals surface area contributed by atoms with E-state index in [-0.39, 0.29) is 0 Å². The zero-order chi connectivity index (χ0) is 34.7. The molecule has 0 saturated carbocycles. The van der Waals surface area contributed by atoms with Gasteiger partial charge in [-0.15, -0.1) is 0 Å². The topological polar surface area (TPSA) is 0 Å². The van der Waals surface area contributed by atoms with Crippen molar-refractivity contribution in [3.8, 4) is 44.5 Å². The van der Waals surface area contributed by atoms with Gasteiger partial charge in [0.25, 0.3) is 0 Å². The molecule has 0 aromatic heterocycles. The van der Waals surface area contributed by atoms with Gasteiger partial charge < -0.3 is 0 Å². The van der Waals surface area contributed by atoms with E-state index < -0.39 is 5.41 Å². The summed E-state index contributed by atoms with van der Waals surface area (Å²) in [5.41, 5.74) is 15.3. The maximum atomic E-state index is 2.55. The maximum absolute atomic E-state index is 2.55. The lowest BCUT2D eigenvalue weighted by Gasteiger charge is -2.31. The fourth-order valence-corrected chi connectivity index (χ4v) is 9.94. The van der Waals surface area contributed by atoms with Gasteiger partial charge in [0, 0.05) is 0 Å². The van der Waals surface area contributed by atoms with Gasteiger partial charge in [-0.1, -0.05) is 170 Å². The number of fused-ring (bicyclic) bond motifs is 17. The molecular formula is C53H32. The Hall–Kier alpha value is -6.76. The summed E-state index contributed by atoms with van der Waals surface area (Å²) in [6.07, 6.45) is 0. The molecule has 0 radical (unpaired) electrons. The van der Waals surface area contributed by atoms with Gasteiger partial charge >= 0.3 is 0 Å². The van der Waals surface area contributed by atoms with Gasteiger partial charge in [0.1, 0.15) is 0 Å². The molecule has 1 spiro atoms. The van der Waals surface area contributed by atoms with Gasteiger partial charge in [0.05, 0.1) is 5.41 Å². The Kier molecular flexibility index (Phi) is 5.80. The van der Waals surface area contributed by atoms with Crippen LogP contribution < -0.4 is 0 Å². The predicted octanol–water partition coefficient (Wildman–Crippen LogP) is 14.0. The van der Waals surface area contributed by atoms with Crippen LogP contribution in [-0.2, 0) is 5.41 Å². The lowest BCUT2D eigenvalue weighted by molar-refractivity contribution is 0.795. The van der Waals surface area contributed by atoms with Gasteiger partial charge in [0.15, 0.2) is 0 Å². The van der Waals surface area contributed by atoms with Crippen molar-refractivity contribution >= 4 is 43.1 Å². The first-order valence-electron chi connectivity index (χ1n) is 18.6. The first kappa shape index (κ1) is 28.9. The van der Waals surface area contributed by atoms with Crippen LogP contribution >= 0.6 is 0 Å². The molecule has 2 aliphatic carbocycles. The molecule has 10 aromatic carbocycles. The van der Waals surface area contributed by atoms with Gasteiger partial charge in [-0.25, -0.2) is 0 Å². The van der Waals surface area contributed by atoms with Crippen LogP contribution in [-0.4, -0.2) is 0 Å². The third kappa shape index (κ3) is 3.85. The van der Waals surface area contributed by atoms with Crippen molar-refractivity contribution in [3.63, 3.8) is 0 Å². The van der Waals surface area contributed by atoms with Crippen LogP contribution in [0.3, 0.4) is 0 Å². The summed E-state index contributed by atoms with van der Waals surface area (Å²) >= 11 is 0. The lowest BCUT2D eigenvalue weighted by Crippen LogP contribution is -2.25. The Morgan fingerprint density at radius 1 is 0.226 bits per heavy atom. The largest absolute Gasteiger partial charge is 0.0725 e. The van der Waals surface area contributed by atoms with E-state index in [4.69, 9.17) is 0 Å². The minimum atomic E-state index is -0.431. The van der Waals surface area contributed by atoms with Crippen LogP contribution in [0.5, 0.6) is 0 Å². The third-order valence-electron chi connectivity index (χ3n) is 12.3. The summed E-state index contributed by atoms with van der Waals surface area (Å²) < 4.78 is 0. The average molecular weight is 669 g/mol. The SMILES string of the molecule is c1ccc2c(c1)-c1ccc(-c3ccc(-c4ccc5ccccc5c4)cc3)cc1C21c2ccccc2-c2cc3c4ccccc4c4ccccc4c3cc21. The summed E-state index contributed by atoms with van der Waals surface area (Å²) in [5, 5.41) is 10.4. The maximum Gasteiger partial charge on any atom is 0.0725 e. The van der Waals surface area contributed by atoms with Crippen molar-refractivity contribution < 1.29 is 0 Å². The van der Waals surface area contributed by atoms with Crippen LogP contribution in [0.15, 0.2) is 194 Å². The zero-order valence-corrected chi connectivity index (χ0v) is 29.0. The Balaban J connectivity index is 1.11. The van der Waals surface area contributed by atoms with E-state index in [1.807, 2.05) is 0 Å². The second-order valence-electron chi connectivity index (χ2n) is 14.8. The van der Waals surface area contributed by atoms with Crippen LogP contribution in [0.4, 0.5) is 0 Å². The second-order valence-corrected chi connectivity index (χ2v) is 14.8. The second kappa shape index (κ2) is 10.6. The van der Waals surface area contributed by atoms with Crippen LogP contribution in [0.2, 0.25) is 0 Å². The molecule has 244 valence electrons. The molecule has 0 saturated heterocycles. The molecule has 0 bridgehead atoms. The van der Waals surface area contributed by atoms with Gasteiger partial charge in [-0.2, -0.15) is 0 Å². The number of rotatable bonds is 2. The molecule has 0 nitrogen and oxygen atoms in total. The minimum Gasteiger partial charge on any atom is -0.0619 e. The quantitative estimate of drug-likeness (QED) is 0.161.